The second-order valence-corrected chi connectivity index (χ2v) is 5.60. The SMILES string of the molecule is CCN(CC(C)C(N)=S)c1ncc(Br)cc1Cl. The molecule has 6 heteroatoms. The molecule has 17 heavy (non-hydrogen) atoms. The van der Waals surface area contributed by atoms with Gasteiger partial charge < -0.3 is 10.6 Å². The molecule has 1 rings (SSSR count). The highest BCUT2D eigenvalue weighted by Crippen LogP contribution is 2.26. The smallest absolute Gasteiger partial charge is 0.147 e. The first-order valence-electron chi connectivity index (χ1n) is 5.31. The number of aromatic nitrogens is 1. The number of rotatable bonds is 5. The van der Waals surface area contributed by atoms with E-state index >= 15 is 0 Å². The Labute approximate surface area is 120 Å². The van der Waals surface area contributed by atoms with Crippen LogP contribution in [0.3, 0.4) is 0 Å². The average Bonchev–Trinajstić information content (AvgIpc) is 2.26. The molecular formula is C11H15BrClN3S. The Hall–Kier alpha value is -0.390. The average molecular weight is 337 g/mol. The molecule has 2 N–H and O–H groups in total. The van der Waals surface area contributed by atoms with Gasteiger partial charge in [-0.25, -0.2) is 4.98 Å². The largest absolute Gasteiger partial charge is 0.393 e. The topological polar surface area (TPSA) is 42.1 Å². The van der Waals surface area contributed by atoms with E-state index in [4.69, 9.17) is 29.6 Å². The van der Waals surface area contributed by atoms with E-state index < -0.39 is 0 Å². The van der Waals surface area contributed by atoms with Crippen LogP contribution in [0.1, 0.15) is 13.8 Å². The van der Waals surface area contributed by atoms with Crippen molar-refractivity contribution in [3.63, 3.8) is 0 Å². The predicted molar refractivity (Wildman–Crippen MR) is 80.8 cm³/mol. The van der Waals surface area contributed by atoms with Crippen LogP contribution in [-0.2, 0) is 0 Å². The highest BCUT2D eigenvalue weighted by molar-refractivity contribution is 9.10. The zero-order valence-corrected chi connectivity index (χ0v) is 12.9. The summed E-state index contributed by atoms with van der Waals surface area (Å²) in [5, 5.41) is 0.622. The van der Waals surface area contributed by atoms with Gasteiger partial charge in [-0.05, 0) is 28.9 Å². The Balaban J connectivity index is 2.90. The van der Waals surface area contributed by atoms with Gasteiger partial charge in [0.15, 0.2) is 0 Å². The third-order valence-electron chi connectivity index (χ3n) is 2.45. The van der Waals surface area contributed by atoms with Gasteiger partial charge in [0.05, 0.1) is 10.0 Å². The van der Waals surface area contributed by atoms with Crippen LogP contribution in [-0.4, -0.2) is 23.1 Å². The summed E-state index contributed by atoms with van der Waals surface area (Å²) in [6.45, 7) is 5.57. The zero-order chi connectivity index (χ0) is 13.0. The summed E-state index contributed by atoms with van der Waals surface area (Å²) in [4.78, 5) is 6.90. The summed E-state index contributed by atoms with van der Waals surface area (Å²) in [7, 11) is 0. The number of nitrogens with two attached hydrogens (primary N) is 1. The normalized spacial score (nSPS) is 12.2. The van der Waals surface area contributed by atoms with Gasteiger partial charge in [-0.3, -0.25) is 0 Å². The van der Waals surface area contributed by atoms with E-state index in [9.17, 15) is 0 Å². The van der Waals surface area contributed by atoms with Gasteiger partial charge in [0.25, 0.3) is 0 Å². The summed E-state index contributed by atoms with van der Waals surface area (Å²) in [5.41, 5.74) is 5.62. The molecule has 0 bridgehead atoms. The molecule has 0 spiro atoms. The Morgan fingerprint density at radius 3 is 2.82 bits per heavy atom. The highest BCUT2D eigenvalue weighted by atomic mass is 79.9. The molecule has 0 fully saturated rings. The summed E-state index contributed by atoms with van der Waals surface area (Å²) in [6.07, 6.45) is 1.73. The van der Waals surface area contributed by atoms with E-state index in [1.165, 1.54) is 0 Å². The molecule has 0 radical (unpaired) electrons. The van der Waals surface area contributed by atoms with Crippen molar-refractivity contribution in [2.45, 2.75) is 13.8 Å². The van der Waals surface area contributed by atoms with Gasteiger partial charge >= 0.3 is 0 Å². The van der Waals surface area contributed by atoms with Crippen molar-refractivity contribution < 1.29 is 0 Å². The van der Waals surface area contributed by atoms with E-state index in [0.29, 0.717) is 10.0 Å². The lowest BCUT2D eigenvalue weighted by molar-refractivity contribution is 0.700. The molecule has 0 aromatic carbocycles. The van der Waals surface area contributed by atoms with Crippen LogP contribution in [0, 0.1) is 5.92 Å². The van der Waals surface area contributed by atoms with E-state index in [2.05, 4.69) is 25.8 Å². The number of halogens is 2. The van der Waals surface area contributed by atoms with Crippen LogP contribution in [0.2, 0.25) is 5.02 Å². The van der Waals surface area contributed by atoms with Gasteiger partial charge in [-0.15, -0.1) is 0 Å². The molecule has 3 nitrogen and oxygen atoms in total. The van der Waals surface area contributed by atoms with Crippen molar-refractivity contribution in [2.75, 3.05) is 18.0 Å². The Morgan fingerprint density at radius 1 is 1.71 bits per heavy atom. The molecule has 1 aromatic rings. The molecule has 0 amide bonds. The molecule has 1 unspecified atom stereocenters. The van der Waals surface area contributed by atoms with Crippen molar-refractivity contribution in [3.05, 3.63) is 21.8 Å². The molecule has 94 valence electrons. The maximum Gasteiger partial charge on any atom is 0.147 e. The Kier molecular flexibility index (Phi) is 5.62. The maximum absolute atomic E-state index is 6.17. The van der Waals surface area contributed by atoms with Crippen molar-refractivity contribution in [1.82, 2.24) is 4.98 Å². The molecule has 0 aliphatic carbocycles. The van der Waals surface area contributed by atoms with Crippen molar-refractivity contribution in [2.24, 2.45) is 11.7 Å². The fraction of sp³-hybridized carbons (Fsp3) is 0.455. The van der Waals surface area contributed by atoms with Crippen LogP contribution in [0.5, 0.6) is 0 Å². The van der Waals surface area contributed by atoms with Crippen LogP contribution in [0.25, 0.3) is 0 Å². The van der Waals surface area contributed by atoms with Gasteiger partial charge in [0.2, 0.25) is 0 Å². The fourth-order valence-electron chi connectivity index (χ4n) is 1.43. The summed E-state index contributed by atoms with van der Waals surface area (Å²) < 4.78 is 0.865. The second-order valence-electron chi connectivity index (χ2n) is 3.80. The minimum Gasteiger partial charge on any atom is -0.393 e. The summed E-state index contributed by atoms with van der Waals surface area (Å²) in [5.74, 6) is 0.895. The molecule has 0 saturated carbocycles. The number of thiocarbonyl (C=S) groups is 1. The predicted octanol–water partition coefficient (Wildman–Crippen LogP) is 3.25. The van der Waals surface area contributed by atoms with Gasteiger partial charge in [0, 0.05) is 29.7 Å². The quantitative estimate of drug-likeness (QED) is 0.838. The minimum atomic E-state index is 0.131. The van der Waals surface area contributed by atoms with E-state index in [-0.39, 0.29) is 5.92 Å². The van der Waals surface area contributed by atoms with Gasteiger partial charge in [-0.1, -0.05) is 30.7 Å². The van der Waals surface area contributed by atoms with Crippen LogP contribution in [0.4, 0.5) is 5.82 Å². The molecule has 0 aliphatic heterocycles. The molecule has 0 saturated heterocycles. The molecule has 1 atom stereocenters. The van der Waals surface area contributed by atoms with E-state index in [1.54, 1.807) is 6.20 Å². The monoisotopic (exact) mass is 335 g/mol. The van der Waals surface area contributed by atoms with E-state index in [1.807, 2.05) is 19.9 Å². The molecule has 1 aromatic heterocycles. The van der Waals surface area contributed by atoms with Crippen LogP contribution >= 0.6 is 39.7 Å². The van der Waals surface area contributed by atoms with E-state index in [0.717, 1.165) is 23.4 Å². The number of hydrogen-bond acceptors (Lipinski definition) is 3. The molecule has 0 aliphatic rings. The lowest BCUT2D eigenvalue weighted by Gasteiger charge is -2.25. The summed E-state index contributed by atoms with van der Waals surface area (Å²) >= 11 is 14.5. The molecule has 1 heterocycles. The van der Waals surface area contributed by atoms with Crippen molar-refractivity contribution in [3.8, 4) is 0 Å². The minimum absolute atomic E-state index is 0.131. The lowest BCUT2D eigenvalue weighted by Crippen LogP contribution is -2.34. The zero-order valence-electron chi connectivity index (χ0n) is 9.78. The first-order valence-corrected chi connectivity index (χ1v) is 6.89. The van der Waals surface area contributed by atoms with Crippen LogP contribution in [0.15, 0.2) is 16.7 Å². The Bertz CT molecular complexity index is 414. The third kappa shape index (κ3) is 4.08. The third-order valence-corrected chi connectivity index (χ3v) is 3.56. The number of hydrogen-bond donors (Lipinski definition) is 1. The van der Waals surface area contributed by atoms with Crippen LogP contribution < -0.4 is 10.6 Å². The van der Waals surface area contributed by atoms with Crippen molar-refractivity contribution >= 4 is 50.6 Å². The maximum atomic E-state index is 6.17. The number of anilines is 1. The first-order chi connectivity index (χ1) is 7.95. The lowest BCUT2D eigenvalue weighted by atomic mass is 10.1. The number of pyridine rings is 1. The second kappa shape index (κ2) is 6.52. The van der Waals surface area contributed by atoms with Gasteiger partial charge in [0.1, 0.15) is 5.82 Å². The van der Waals surface area contributed by atoms with Crippen molar-refractivity contribution in [1.29, 1.82) is 0 Å². The first kappa shape index (κ1) is 14.7. The standard InChI is InChI=1S/C11H15BrClN3S/c1-3-16(6-7(2)10(14)17)11-9(13)4-8(12)5-15-11/h4-5,7H,3,6H2,1-2H3,(H2,14,17). The Morgan fingerprint density at radius 2 is 2.35 bits per heavy atom. The fourth-order valence-corrected chi connectivity index (χ4v) is 2.25. The highest BCUT2D eigenvalue weighted by Gasteiger charge is 2.15. The van der Waals surface area contributed by atoms with Gasteiger partial charge in [-0.2, -0.15) is 0 Å². The molecular weight excluding hydrogens is 322 g/mol. The summed E-state index contributed by atoms with van der Waals surface area (Å²) in [6, 6.07) is 1.83. The number of nitrogens with zero attached hydrogens (tertiary/aromatic N) is 2.